The van der Waals surface area contributed by atoms with Gasteiger partial charge in [-0.2, -0.15) is 8.62 Å². The highest BCUT2D eigenvalue weighted by Gasteiger charge is 2.44. The van der Waals surface area contributed by atoms with Crippen molar-refractivity contribution in [1.82, 2.24) is 14.5 Å². The number of anilines is 1. The fraction of sp³-hybridized carbons (Fsp3) is 0.500. The number of nitrogens with two attached hydrogens (primary N) is 2. The van der Waals surface area contributed by atoms with Crippen LogP contribution in [0.2, 0.25) is 0 Å². The summed E-state index contributed by atoms with van der Waals surface area (Å²) in [5.74, 6) is 6.05. The van der Waals surface area contributed by atoms with Crippen LogP contribution in [0, 0.1) is 11.8 Å². The van der Waals surface area contributed by atoms with Gasteiger partial charge in [-0.05, 0) is 6.26 Å². The Morgan fingerprint density at radius 1 is 1.21 bits per heavy atom. The molecule has 0 radical (unpaired) electrons. The average Bonchev–Trinajstić information content (AvgIpc) is 3.36. The largest absolute Gasteiger partial charge is 0.490 e. The van der Waals surface area contributed by atoms with Crippen LogP contribution in [0.15, 0.2) is 12.5 Å². The van der Waals surface area contributed by atoms with Crippen LogP contribution in [0.25, 0.3) is 11.0 Å². The van der Waals surface area contributed by atoms with E-state index in [1.807, 2.05) is 6.26 Å². The van der Waals surface area contributed by atoms with E-state index in [4.69, 9.17) is 35.3 Å². The topological polar surface area (TPSA) is 261 Å². The van der Waals surface area contributed by atoms with Gasteiger partial charge < -0.3 is 45.1 Å². The molecule has 0 spiro atoms. The molecule has 0 saturated carbocycles. The summed E-state index contributed by atoms with van der Waals surface area (Å²) >= 11 is 0. The summed E-state index contributed by atoms with van der Waals surface area (Å²) < 4.78 is 60.3. The van der Waals surface area contributed by atoms with E-state index in [1.165, 1.54) is 27.9 Å². The summed E-state index contributed by atoms with van der Waals surface area (Å²) in [6.07, 6.45) is 2.99. The maximum absolute atomic E-state index is 12.2. The van der Waals surface area contributed by atoms with Crippen LogP contribution in [-0.2, 0) is 36.3 Å². The Morgan fingerprint density at radius 3 is 2.61 bits per heavy atom. The van der Waals surface area contributed by atoms with Gasteiger partial charge in [-0.3, -0.25) is 4.52 Å². The van der Waals surface area contributed by atoms with Gasteiger partial charge in [-0.15, -0.1) is 0 Å². The van der Waals surface area contributed by atoms with Gasteiger partial charge in [0.15, 0.2) is 0 Å². The highest BCUT2D eigenvalue weighted by Crippen LogP contribution is 2.66. The highest BCUT2D eigenvalue weighted by molar-refractivity contribution is 8.76. The number of phosphoric acid groups is 3. The van der Waals surface area contributed by atoms with Crippen molar-refractivity contribution in [3.05, 3.63) is 18.1 Å². The fourth-order valence-corrected chi connectivity index (χ4v) is 7.28. The Bertz CT molecular complexity index is 1350. The molecule has 8 N–H and O–H groups in total. The monoisotopic (exact) mass is 635 g/mol. The molecule has 3 rings (SSSR count). The van der Waals surface area contributed by atoms with Gasteiger partial charge in [0.2, 0.25) is 0 Å². The number of rotatable bonds is 12. The molecule has 0 aliphatic carbocycles. The quantitative estimate of drug-likeness (QED) is 0.0623. The lowest BCUT2D eigenvalue weighted by atomic mass is 10.1. The van der Waals surface area contributed by atoms with Crippen LogP contribution in [-0.4, -0.2) is 78.3 Å². The van der Waals surface area contributed by atoms with Gasteiger partial charge in [0.25, 0.3) is 0 Å². The summed E-state index contributed by atoms with van der Waals surface area (Å²) in [6, 6.07) is -0.558. The first-order valence-electron chi connectivity index (χ1n) is 10.2. The summed E-state index contributed by atoms with van der Waals surface area (Å²) in [7, 11) is -13.7. The van der Waals surface area contributed by atoms with Crippen molar-refractivity contribution >= 4 is 61.9 Å². The summed E-state index contributed by atoms with van der Waals surface area (Å²) in [6.45, 7) is -0.547. The molecule has 2 unspecified atom stereocenters. The maximum Gasteiger partial charge on any atom is 0.490 e. The molecule has 5 atom stereocenters. The summed E-state index contributed by atoms with van der Waals surface area (Å²) in [5.41, 5.74) is 12.5. The highest BCUT2D eigenvalue weighted by atomic mass is 33.1. The third-order valence-electron chi connectivity index (χ3n) is 4.79. The second kappa shape index (κ2) is 13.1. The van der Waals surface area contributed by atoms with E-state index in [-0.39, 0.29) is 24.9 Å². The van der Waals surface area contributed by atoms with Crippen LogP contribution in [0.1, 0.15) is 11.6 Å². The van der Waals surface area contributed by atoms with Crippen molar-refractivity contribution in [1.29, 1.82) is 0 Å². The van der Waals surface area contributed by atoms with Crippen LogP contribution in [0.3, 0.4) is 0 Å². The predicted octanol–water partition coefficient (Wildman–Crippen LogP) is 0.961. The standard InChI is InChI=1S/C16H24N5O12P3S2/c1-37-38-9-30-14-11(21-5-10(3-2-4-17)13-15(18)19-8-20-16(13)21)6-29-12(14)7-31-35(25,26)33-36(27,28)32-34(22,23)24/h5,8,11-12,14H,4,6-7,9,17H2,1H3,(H,25,26)(H,27,28)(H2,18,19,20)(H2,22,23,24)/t11-,12-,14+/m1/s1. The minimum Gasteiger partial charge on any atom is -0.383 e. The number of nitrogens with zero attached hydrogens (tertiary/aromatic N) is 3. The molecule has 1 saturated heterocycles. The van der Waals surface area contributed by atoms with Gasteiger partial charge in [0, 0.05) is 6.20 Å². The lowest BCUT2D eigenvalue weighted by molar-refractivity contribution is -0.0225. The molecule has 0 aromatic carbocycles. The number of hydrogen-bond acceptors (Lipinski definition) is 14. The van der Waals surface area contributed by atoms with E-state index in [9.17, 15) is 23.5 Å². The number of hydrogen-bond donors (Lipinski definition) is 6. The maximum atomic E-state index is 12.2. The van der Waals surface area contributed by atoms with Crippen molar-refractivity contribution in [3.8, 4) is 11.8 Å². The first-order chi connectivity index (χ1) is 17.8. The Labute approximate surface area is 223 Å². The molecule has 38 heavy (non-hydrogen) atoms. The van der Waals surface area contributed by atoms with Gasteiger partial charge in [-0.25, -0.2) is 23.7 Å². The minimum absolute atomic E-state index is 0.0243. The van der Waals surface area contributed by atoms with Crippen molar-refractivity contribution < 1.29 is 55.9 Å². The average molecular weight is 635 g/mol. The molecule has 1 aliphatic rings. The van der Waals surface area contributed by atoms with Gasteiger partial charge >= 0.3 is 23.5 Å². The van der Waals surface area contributed by atoms with E-state index in [0.29, 0.717) is 16.6 Å². The molecule has 22 heteroatoms. The molecule has 2 aromatic rings. The second-order valence-electron chi connectivity index (χ2n) is 7.27. The summed E-state index contributed by atoms with van der Waals surface area (Å²) in [4.78, 5) is 44.8. The molecule has 2 aromatic heterocycles. The van der Waals surface area contributed by atoms with Gasteiger partial charge in [0.05, 0.1) is 36.8 Å². The van der Waals surface area contributed by atoms with Gasteiger partial charge in [0.1, 0.15) is 35.9 Å². The predicted molar refractivity (Wildman–Crippen MR) is 137 cm³/mol. The molecule has 212 valence electrons. The first kappa shape index (κ1) is 31.5. The van der Waals surface area contributed by atoms with E-state index < -0.39 is 48.3 Å². The van der Waals surface area contributed by atoms with Crippen LogP contribution in [0.4, 0.5) is 5.82 Å². The molecular formula is C16H24N5O12P3S2. The Morgan fingerprint density at radius 2 is 1.95 bits per heavy atom. The number of ether oxygens (including phenoxy) is 2. The van der Waals surface area contributed by atoms with Crippen molar-refractivity contribution in [2.24, 2.45) is 5.73 Å². The Balaban J connectivity index is 1.85. The molecule has 1 fully saturated rings. The SMILES string of the molecule is CSSCO[C@H]1[C@H](n2cc(C#CCN)c3c(N)ncnc32)CO[C@@H]1COP(=O)(O)OP(=O)(O)OP(=O)(O)O. The van der Waals surface area contributed by atoms with E-state index >= 15 is 0 Å². The molecule has 1 aliphatic heterocycles. The molecule has 3 heterocycles. The zero-order valence-electron chi connectivity index (χ0n) is 19.4. The Kier molecular flexibility index (Phi) is 10.8. The third-order valence-corrected chi connectivity index (χ3v) is 10.1. The molecular weight excluding hydrogens is 611 g/mol. The molecule has 0 bridgehead atoms. The number of aromatic nitrogens is 3. The molecule has 0 amide bonds. The van der Waals surface area contributed by atoms with E-state index in [2.05, 4.69) is 30.4 Å². The molecule has 17 nitrogen and oxygen atoms in total. The van der Waals surface area contributed by atoms with Gasteiger partial charge in [-0.1, -0.05) is 33.4 Å². The number of fused-ring (bicyclic) bond motifs is 1. The van der Waals surface area contributed by atoms with Crippen molar-refractivity contribution in [2.45, 2.75) is 18.2 Å². The van der Waals surface area contributed by atoms with Crippen molar-refractivity contribution in [2.75, 3.05) is 37.7 Å². The fourth-order valence-electron chi connectivity index (χ4n) is 3.49. The van der Waals surface area contributed by atoms with Crippen LogP contribution < -0.4 is 11.5 Å². The number of phosphoric ester groups is 1. The van der Waals surface area contributed by atoms with Crippen molar-refractivity contribution in [3.63, 3.8) is 0 Å². The lowest BCUT2D eigenvalue weighted by Gasteiger charge is -2.25. The normalized spacial score (nSPS) is 23.1. The smallest absolute Gasteiger partial charge is 0.383 e. The number of nitrogen functional groups attached to an aromatic ring is 1. The zero-order chi connectivity index (χ0) is 28.1. The second-order valence-corrected chi connectivity index (χ2v) is 14.2. The van der Waals surface area contributed by atoms with Crippen LogP contribution in [0.5, 0.6) is 0 Å². The lowest BCUT2D eigenvalue weighted by Crippen LogP contribution is -2.34. The summed E-state index contributed by atoms with van der Waals surface area (Å²) in [5, 5.41) is 0.488. The first-order valence-corrected chi connectivity index (χ1v) is 17.5. The minimum atomic E-state index is -5.66. The third kappa shape index (κ3) is 8.48. The zero-order valence-corrected chi connectivity index (χ0v) is 23.7. The Hall–Kier alpha value is -1.03. The van der Waals surface area contributed by atoms with E-state index in [0.717, 1.165) is 0 Å². The van der Waals surface area contributed by atoms with Crippen LogP contribution >= 0.6 is 45.1 Å². The van der Waals surface area contributed by atoms with E-state index in [1.54, 1.807) is 10.8 Å².